The first-order chi connectivity index (χ1) is 11.8. The van der Waals surface area contributed by atoms with Gasteiger partial charge in [-0.25, -0.2) is 0 Å². The van der Waals surface area contributed by atoms with Crippen LogP contribution in [0.3, 0.4) is 0 Å². The molecule has 1 unspecified atom stereocenters. The Kier molecular flexibility index (Phi) is 5.02. The molecule has 1 aliphatic rings. The van der Waals surface area contributed by atoms with Crippen LogP contribution in [-0.2, 0) is 9.59 Å². The first kappa shape index (κ1) is 17.8. The van der Waals surface area contributed by atoms with Gasteiger partial charge in [0, 0.05) is 34.4 Å². The fourth-order valence-corrected chi connectivity index (χ4v) is 3.19. The van der Waals surface area contributed by atoms with Gasteiger partial charge in [-0.15, -0.1) is 0 Å². The normalized spacial score (nSPS) is 17.0. The number of hydrogen-bond donors (Lipinski definition) is 1. The molecule has 1 N–H and O–H groups in total. The van der Waals surface area contributed by atoms with Crippen LogP contribution in [0.4, 0.5) is 11.4 Å². The Morgan fingerprint density at radius 1 is 1.12 bits per heavy atom. The van der Waals surface area contributed by atoms with Gasteiger partial charge in [0.2, 0.25) is 11.8 Å². The van der Waals surface area contributed by atoms with Crippen molar-refractivity contribution in [3.05, 3.63) is 57.6 Å². The summed E-state index contributed by atoms with van der Waals surface area (Å²) >= 11 is 12.1. The molecule has 2 amide bonds. The zero-order chi connectivity index (χ0) is 18.1. The third-order valence-electron chi connectivity index (χ3n) is 4.42. The Hall–Kier alpha value is -2.04. The Balaban J connectivity index is 1.74. The van der Waals surface area contributed by atoms with Gasteiger partial charge in [-0.2, -0.15) is 0 Å². The lowest BCUT2D eigenvalue weighted by atomic mass is 10.1. The summed E-state index contributed by atoms with van der Waals surface area (Å²) in [5, 5.41) is 4.04. The molecule has 0 saturated carbocycles. The van der Waals surface area contributed by atoms with Crippen molar-refractivity contribution in [3.63, 3.8) is 0 Å². The molecule has 0 aromatic heterocycles. The predicted molar refractivity (Wildman–Crippen MR) is 101 cm³/mol. The van der Waals surface area contributed by atoms with Gasteiger partial charge in [-0.05, 0) is 49.2 Å². The summed E-state index contributed by atoms with van der Waals surface area (Å²) in [6, 6.07) is 10.8. The quantitative estimate of drug-likeness (QED) is 0.850. The van der Waals surface area contributed by atoms with Crippen LogP contribution >= 0.6 is 23.2 Å². The van der Waals surface area contributed by atoms with Crippen molar-refractivity contribution >= 4 is 46.4 Å². The molecule has 0 spiro atoms. The molecule has 3 rings (SSSR count). The summed E-state index contributed by atoms with van der Waals surface area (Å²) in [5.74, 6) is -0.673. The third kappa shape index (κ3) is 3.80. The summed E-state index contributed by atoms with van der Waals surface area (Å²) in [7, 11) is 0. The second kappa shape index (κ2) is 7.06. The molecule has 0 bridgehead atoms. The number of carbonyl (C=O) groups excluding carboxylic acids is 2. The van der Waals surface area contributed by atoms with Crippen LogP contribution in [0, 0.1) is 19.8 Å². The van der Waals surface area contributed by atoms with Crippen molar-refractivity contribution in [2.24, 2.45) is 5.92 Å². The number of carbonyl (C=O) groups is 2. The second-order valence-electron chi connectivity index (χ2n) is 6.29. The molecule has 1 saturated heterocycles. The maximum atomic E-state index is 12.6. The van der Waals surface area contributed by atoms with Crippen LogP contribution in [0.2, 0.25) is 10.0 Å². The number of nitrogens with one attached hydrogen (secondary N) is 1. The SMILES string of the molecule is Cc1ccc(N2CC(C(=O)Nc3cc(Cl)ccc3C)CC2=O)cc1Cl. The standard InChI is InChI=1S/C19H18Cl2N2O2/c1-11-4-6-15(9-16(11)21)23-10-13(7-18(23)24)19(25)22-17-8-14(20)5-3-12(17)2/h3-6,8-9,13H,7,10H2,1-2H3,(H,22,25). The fourth-order valence-electron chi connectivity index (χ4n) is 2.85. The lowest BCUT2D eigenvalue weighted by molar-refractivity contribution is -0.122. The zero-order valence-electron chi connectivity index (χ0n) is 14.0. The molecule has 4 nitrogen and oxygen atoms in total. The topological polar surface area (TPSA) is 49.4 Å². The number of aryl methyl sites for hydroxylation is 2. The number of benzene rings is 2. The molecule has 6 heteroatoms. The van der Waals surface area contributed by atoms with Gasteiger partial charge < -0.3 is 10.2 Å². The fraction of sp³-hybridized carbons (Fsp3) is 0.263. The van der Waals surface area contributed by atoms with Gasteiger partial charge >= 0.3 is 0 Å². The minimum absolute atomic E-state index is 0.0807. The van der Waals surface area contributed by atoms with Gasteiger partial charge in [0.05, 0.1) is 5.92 Å². The van der Waals surface area contributed by atoms with E-state index in [1.807, 2.05) is 32.0 Å². The third-order valence-corrected chi connectivity index (χ3v) is 5.06. The molecule has 0 radical (unpaired) electrons. The maximum Gasteiger partial charge on any atom is 0.229 e. The number of nitrogens with zero attached hydrogens (tertiary/aromatic N) is 1. The van der Waals surface area contributed by atoms with Gasteiger partial charge in [0.1, 0.15) is 0 Å². The minimum Gasteiger partial charge on any atom is -0.325 e. The number of rotatable bonds is 3. The Bertz CT molecular complexity index is 851. The monoisotopic (exact) mass is 376 g/mol. The Morgan fingerprint density at radius 3 is 2.56 bits per heavy atom. The highest BCUT2D eigenvalue weighted by atomic mass is 35.5. The lowest BCUT2D eigenvalue weighted by Crippen LogP contribution is -2.28. The van der Waals surface area contributed by atoms with Crippen molar-refractivity contribution in [1.29, 1.82) is 0 Å². The van der Waals surface area contributed by atoms with Crippen molar-refractivity contribution in [1.82, 2.24) is 0 Å². The van der Waals surface area contributed by atoms with E-state index < -0.39 is 5.92 Å². The second-order valence-corrected chi connectivity index (χ2v) is 7.13. The lowest BCUT2D eigenvalue weighted by Gasteiger charge is -2.18. The van der Waals surface area contributed by atoms with Crippen molar-refractivity contribution in [2.45, 2.75) is 20.3 Å². The summed E-state index contributed by atoms with van der Waals surface area (Å²) in [5.41, 5.74) is 3.25. The number of amides is 2. The number of hydrogen-bond acceptors (Lipinski definition) is 2. The van der Waals surface area contributed by atoms with Crippen LogP contribution in [0.25, 0.3) is 0 Å². The van der Waals surface area contributed by atoms with E-state index >= 15 is 0 Å². The smallest absolute Gasteiger partial charge is 0.229 e. The zero-order valence-corrected chi connectivity index (χ0v) is 15.5. The minimum atomic E-state index is -0.411. The van der Waals surface area contributed by atoms with Gasteiger partial charge in [0.25, 0.3) is 0 Å². The van der Waals surface area contributed by atoms with Crippen LogP contribution < -0.4 is 10.2 Å². The van der Waals surface area contributed by atoms with E-state index in [0.29, 0.717) is 22.3 Å². The average molecular weight is 377 g/mol. The largest absolute Gasteiger partial charge is 0.325 e. The summed E-state index contributed by atoms with van der Waals surface area (Å²) < 4.78 is 0. The molecule has 1 fully saturated rings. The summed E-state index contributed by atoms with van der Waals surface area (Å²) in [6.45, 7) is 4.14. The van der Waals surface area contributed by atoms with E-state index in [2.05, 4.69) is 5.32 Å². The number of anilines is 2. The molecule has 25 heavy (non-hydrogen) atoms. The van der Waals surface area contributed by atoms with Crippen LogP contribution in [0.5, 0.6) is 0 Å². The summed E-state index contributed by atoms with van der Waals surface area (Å²) in [6.07, 6.45) is 0.178. The van der Waals surface area contributed by atoms with Crippen LogP contribution in [0.1, 0.15) is 17.5 Å². The molecule has 1 heterocycles. The molecule has 130 valence electrons. The van der Waals surface area contributed by atoms with Gasteiger partial charge in [-0.1, -0.05) is 35.3 Å². The van der Waals surface area contributed by atoms with E-state index in [9.17, 15) is 9.59 Å². The maximum absolute atomic E-state index is 12.6. The highest BCUT2D eigenvalue weighted by Crippen LogP contribution is 2.30. The van der Waals surface area contributed by atoms with Crippen LogP contribution in [0.15, 0.2) is 36.4 Å². The molecule has 0 aliphatic carbocycles. The Morgan fingerprint density at radius 2 is 1.84 bits per heavy atom. The highest BCUT2D eigenvalue weighted by Gasteiger charge is 2.35. The van der Waals surface area contributed by atoms with Gasteiger partial charge in [-0.3, -0.25) is 9.59 Å². The van der Waals surface area contributed by atoms with E-state index in [1.165, 1.54) is 0 Å². The van der Waals surface area contributed by atoms with Crippen molar-refractivity contribution in [3.8, 4) is 0 Å². The first-order valence-corrected chi connectivity index (χ1v) is 8.74. The van der Waals surface area contributed by atoms with Gasteiger partial charge in [0.15, 0.2) is 0 Å². The predicted octanol–water partition coefficient (Wildman–Crippen LogP) is 4.60. The molecule has 1 aliphatic heterocycles. The van der Waals surface area contributed by atoms with Crippen molar-refractivity contribution < 1.29 is 9.59 Å². The highest BCUT2D eigenvalue weighted by molar-refractivity contribution is 6.31. The molecule has 1 atom stereocenters. The molecule has 2 aromatic carbocycles. The van der Waals surface area contributed by atoms with E-state index in [-0.39, 0.29) is 18.2 Å². The average Bonchev–Trinajstić information content (AvgIpc) is 2.95. The first-order valence-electron chi connectivity index (χ1n) is 7.98. The molecule has 2 aromatic rings. The van der Waals surface area contributed by atoms with E-state index in [0.717, 1.165) is 16.8 Å². The van der Waals surface area contributed by atoms with E-state index in [4.69, 9.17) is 23.2 Å². The Labute approximate surface area is 156 Å². The van der Waals surface area contributed by atoms with Crippen molar-refractivity contribution in [2.75, 3.05) is 16.8 Å². The summed E-state index contributed by atoms with van der Waals surface area (Å²) in [4.78, 5) is 26.5. The molecular formula is C19H18Cl2N2O2. The van der Waals surface area contributed by atoms with E-state index in [1.54, 1.807) is 23.1 Å². The van der Waals surface area contributed by atoms with Crippen LogP contribution in [-0.4, -0.2) is 18.4 Å². The number of halogens is 2. The molecular weight excluding hydrogens is 359 g/mol.